The number of rotatable bonds is 9. The average molecular weight is 510 g/mol. The van der Waals surface area contributed by atoms with Crippen LogP contribution >= 0.6 is 23.5 Å². The molecular weight excluding hydrogens is 486 g/mol. The summed E-state index contributed by atoms with van der Waals surface area (Å²) in [4.78, 5) is 26.2. The van der Waals surface area contributed by atoms with Crippen molar-refractivity contribution >= 4 is 41.1 Å². The van der Waals surface area contributed by atoms with Crippen molar-refractivity contribution in [2.45, 2.75) is 29.5 Å². The maximum absolute atomic E-state index is 13.0. The lowest BCUT2D eigenvalue weighted by atomic mass is 10.0. The van der Waals surface area contributed by atoms with E-state index in [0.717, 1.165) is 18.7 Å². The molecule has 12 heteroatoms. The van der Waals surface area contributed by atoms with Crippen molar-refractivity contribution in [2.24, 2.45) is 7.05 Å². The number of amides is 1. The molecule has 1 saturated heterocycles. The molecule has 0 unspecified atom stereocenters. The van der Waals surface area contributed by atoms with E-state index < -0.39 is 12.0 Å². The number of nitrogens with one attached hydrogen (secondary N) is 1. The van der Waals surface area contributed by atoms with Crippen LogP contribution in [0.3, 0.4) is 0 Å². The van der Waals surface area contributed by atoms with E-state index in [0.29, 0.717) is 22.2 Å². The highest BCUT2D eigenvalue weighted by Crippen LogP contribution is 2.42. The standard InChI is InChI=1S/C23H23N7O3S2/c1-28-23(25-26-27-28)35-14-16-13-34-21-18(20(31)30(21)19(16)22(32)33)24-17-8-11-29(12-9-17)10-7-15-5-3-2-4-6-15/h2-6,8-9,11-12,18,21H,7,10,13-14H2,1H3,(H,32,33)/t18-,21-/m1/s1. The zero-order chi connectivity index (χ0) is 24.4. The monoisotopic (exact) mass is 509 g/mol. The topological polar surface area (TPSA) is 120 Å². The minimum absolute atomic E-state index is 0.0359. The third-order valence-corrected chi connectivity index (χ3v) is 8.35. The summed E-state index contributed by atoms with van der Waals surface area (Å²) in [5.74, 6) is -0.762. The number of tetrazole rings is 1. The van der Waals surface area contributed by atoms with Crippen LogP contribution in [0.2, 0.25) is 0 Å². The number of nitrogens with zero attached hydrogens (tertiary/aromatic N) is 6. The highest BCUT2D eigenvalue weighted by molar-refractivity contribution is 8.01. The lowest BCUT2D eigenvalue weighted by Gasteiger charge is -2.51. The van der Waals surface area contributed by atoms with Gasteiger partial charge < -0.3 is 15.2 Å². The van der Waals surface area contributed by atoms with Crippen molar-refractivity contribution in [3.63, 3.8) is 0 Å². The number of β-lactam (4-membered cyclic amide) rings is 1. The summed E-state index contributed by atoms with van der Waals surface area (Å²) in [6.07, 6.45) is 4.88. The van der Waals surface area contributed by atoms with Gasteiger partial charge >= 0.3 is 0 Å². The minimum atomic E-state index is -1.34. The summed E-state index contributed by atoms with van der Waals surface area (Å²) in [5.41, 5.74) is 2.69. The van der Waals surface area contributed by atoms with Gasteiger partial charge in [-0.2, -0.15) is 0 Å². The Bertz CT molecular complexity index is 1260. The molecule has 0 aliphatic carbocycles. The maximum atomic E-state index is 13.0. The Morgan fingerprint density at radius 1 is 1.26 bits per heavy atom. The molecule has 2 aromatic heterocycles. The number of hydrogen-bond acceptors (Lipinski definition) is 9. The van der Waals surface area contributed by atoms with Crippen LogP contribution in [0, 0.1) is 0 Å². The Morgan fingerprint density at radius 3 is 2.71 bits per heavy atom. The van der Waals surface area contributed by atoms with Gasteiger partial charge in [0.05, 0.1) is 11.7 Å². The predicted molar refractivity (Wildman–Crippen MR) is 129 cm³/mol. The van der Waals surface area contributed by atoms with Gasteiger partial charge in [-0.1, -0.05) is 42.1 Å². The van der Waals surface area contributed by atoms with Crippen molar-refractivity contribution in [2.75, 3.05) is 16.8 Å². The molecule has 5 rings (SSSR count). The van der Waals surface area contributed by atoms with Crippen LogP contribution in [0.4, 0.5) is 5.69 Å². The molecule has 4 heterocycles. The number of aliphatic carboxylic acids is 1. The number of thioether (sulfide) groups is 2. The molecule has 2 atom stereocenters. The number of pyridine rings is 1. The Labute approximate surface area is 210 Å². The average Bonchev–Trinajstić information content (AvgIpc) is 3.29. The number of carbonyl (C=O) groups is 2. The highest BCUT2D eigenvalue weighted by atomic mass is 32.2. The van der Waals surface area contributed by atoms with Gasteiger partial charge in [-0.15, -0.1) is 16.9 Å². The van der Waals surface area contributed by atoms with Crippen LogP contribution in [0.5, 0.6) is 0 Å². The van der Waals surface area contributed by atoms with E-state index >= 15 is 0 Å². The SMILES string of the molecule is Cn1nnnc1SCC1=C(C(=O)[O-])N2C(=O)[C@@H](Nc3cc[n+](CCc4ccccc4)cc3)[C@H]2SC1. The van der Waals surface area contributed by atoms with Crippen LogP contribution in [0.15, 0.2) is 71.3 Å². The Balaban J connectivity index is 1.22. The van der Waals surface area contributed by atoms with Crippen molar-refractivity contribution < 1.29 is 19.3 Å². The summed E-state index contributed by atoms with van der Waals surface area (Å²) < 4.78 is 3.61. The zero-order valence-corrected chi connectivity index (χ0v) is 20.5. The Morgan fingerprint density at radius 2 is 2.03 bits per heavy atom. The second-order valence-electron chi connectivity index (χ2n) is 8.21. The summed E-state index contributed by atoms with van der Waals surface area (Å²) in [6.45, 7) is 0.851. The van der Waals surface area contributed by atoms with E-state index in [-0.39, 0.29) is 17.0 Å². The second-order valence-corrected chi connectivity index (χ2v) is 10.3. The van der Waals surface area contributed by atoms with Gasteiger partial charge in [0.15, 0.2) is 18.9 Å². The lowest BCUT2D eigenvalue weighted by molar-refractivity contribution is -0.696. The summed E-state index contributed by atoms with van der Waals surface area (Å²) in [6, 6.07) is 13.7. The molecule has 180 valence electrons. The van der Waals surface area contributed by atoms with Gasteiger partial charge in [0.25, 0.3) is 5.91 Å². The number of aromatic nitrogens is 5. The Kier molecular flexibility index (Phi) is 6.73. The van der Waals surface area contributed by atoms with Crippen molar-refractivity contribution in [3.8, 4) is 0 Å². The third-order valence-electron chi connectivity index (χ3n) is 5.91. The lowest BCUT2D eigenvalue weighted by Crippen LogP contribution is -2.68. The third kappa shape index (κ3) is 4.89. The van der Waals surface area contributed by atoms with Crippen LogP contribution < -0.4 is 15.0 Å². The maximum Gasteiger partial charge on any atom is 0.253 e. The minimum Gasteiger partial charge on any atom is -0.543 e. The van der Waals surface area contributed by atoms with E-state index in [4.69, 9.17) is 0 Å². The molecule has 1 fully saturated rings. The molecule has 1 amide bonds. The van der Waals surface area contributed by atoms with Crippen molar-refractivity contribution in [1.29, 1.82) is 0 Å². The van der Waals surface area contributed by atoms with Gasteiger partial charge in [-0.25, -0.2) is 9.25 Å². The highest BCUT2D eigenvalue weighted by Gasteiger charge is 2.52. The molecular formula is C23H23N7O3S2. The van der Waals surface area contributed by atoms with Gasteiger partial charge in [0, 0.05) is 42.8 Å². The van der Waals surface area contributed by atoms with Gasteiger partial charge in [-0.05, 0) is 21.6 Å². The summed E-state index contributed by atoms with van der Waals surface area (Å²) in [7, 11) is 1.71. The molecule has 1 N–H and O–H groups in total. The molecule has 2 aliphatic rings. The van der Waals surface area contributed by atoms with Gasteiger partial charge in [0.2, 0.25) is 5.16 Å². The molecule has 1 aromatic carbocycles. The summed E-state index contributed by atoms with van der Waals surface area (Å²) >= 11 is 2.87. The number of anilines is 1. The largest absolute Gasteiger partial charge is 0.543 e. The molecule has 35 heavy (non-hydrogen) atoms. The van der Waals surface area contributed by atoms with E-state index in [1.807, 2.05) is 42.7 Å². The number of carbonyl (C=O) groups excluding carboxylic acids is 2. The van der Waals surface area contributed by atoms with E-state index in [1.165, 1.54) is 26.9 Å². The number of carboxylic acid groups (broad SMARTS) is 1. The normalized spacial score (nSPS) is 19.3. The number of carboxylic acids is 1. The number of aryl methyl sites for hydroxylation is 3. The molecule has 3 aromatic rings. The first kappa shape index (κ1) is 23.4. The Hall–Kier alpha value is -3.38. The number of benzene rings is 1. The molecule has 10 nitrogen and oxygen atoms in total. The van der Waals surface area contributed by atoms with Crippen LogP contribution in [-0.4, -0.2) is 59.9 Å². The molecule has 0 saturated carbocycles. The van der Waals surface area contributed by atoms with Crippen molar-refractivity contribution in [3.05, 3.63) is 71.7 Å². The van der Waals surface area contributed by atoms with E-state index in [1.54, 1.807) is 18.8 Å². The summed E-state index contributed by atoms with van der Waals surface area (Å²) in [5, 5.41) is 26.8. The van der Waals surface area contributed by atoms with Crippen LogP contribution in [0.25, 0.3) is 0 Å². The first-order chi connectivity index (χ1) is 17.0. The molecule has 0 spiro atoms. The fraction of sp³-hybridized carbons (Fsp3) is 0.304. The fourth-order valence-corrected chi connectivity index (χ4v) is 6.40. The first-order valence-corrected chi connectivity index (χ1v) is 13.1. The zero-order valence-electron chi connectivity index (χ0n) is 18.9. The van der Waals surface area contributed by atoms with E-state index in [2.05, 4.69) is 37.5 Å². The van der Waals surface area contributed by atoms with Crippen molar-refractivity contribution in [1.82, 2.24) is 25.1 Å². The number of fused-ring (bicyclic) bond motifs is 1. The fourth-order valence-electron chi connectivity index (χ4n) is 4.06. The predicted octanol–water partition coefficient (Wildman–Crippen LogP) is 0.232. The molecule has 2 aliphatic heterocycles. The smallest absolute Gasteiger partial charge is 0.253 e. The van der Waals surface area contributed by atoms with Gasteiger partial charge in [0.1, 0.15) is 11.4 Å². The number of hydrogen-bond donors (Lipinski definition) is 1. The molecule has 0 radical (unpaired) electrons. The van der Waals surface area contributed by atoms with Gasteiger partial charge in [-0.3, -0.25) is 9.69 Å². The van der Waals surface area contributed by atoms with Crippen LogP contribution in [0.1, 0.15) is 5.56 Å². The quantitative estimate of drug-likeness (QED) is 0.246. The van der Waals surface area contributed by atoms with E-state index in [9.17, 15) is 14.7 Å². The first-order valence-electron chi connectivity index (χ1n) is 11.0. The second kappa shape index (κ2) is 10.1. The molecule has 0 bridgehead atoms. The van der Waals surface area contributed by atoms with Crippen LogP contribution in [-0.2, 0) is 29.6 Å².